The van der Waals surface area contributed by atoms with Crippen molar-refractivity contribution in [2.24, 2.45) is 0 Å². The van der Waals surface area contributed by atoms with E-state index in [0.717, 1.165) is 30.6 Å². The maximum Gasteiger partial charge on any atom is 0.247 e. The molecule has 0 radical (unpaired) electrons. The van der Waals surface area contributed by atoms with Gasteiger partial charge in [-0.2, -0.15) is 0 Å². The van der Waals surface area contributed by atoms with Gasteiger partial charge in [0.2, 0.25) is 11.8 Å². The zero-order chi connectivity index (χ0) is 15.8. The third kappa shape index (κ3) is 2.77. The summed E-state index contributed by atoms with van der Waals surface area (Å²) < 4.78 is 0. The number of hydrogen-bond donors (Lipinski definition) is 0. The SMILES string of the molecule is O=C(CCc1cccs1)N1CC(=O)N(C2CC2)c2ccccc21. The summed E-state index contributed by atoms with van der Waals surface area (Å²) >= 11 is 1.66. The zero-order valence-corrected chi connectivity index (χ0v) is 13.6. The van der Waals surface area contributed by atoms with Crippen LogP contribution in [0.1, 0.15) is 24.1 Å². The predicted octanol–water partition coefficient (Wildman–Crippen LogP) is 3.22. The van der Waals surface area contributed by atoms with E-state index in [1.807, 2.05) is 46.7 Å². The molecule has 2 aliphatic rings. The summed E-state index contributed by atoms with van der Waals surface area (Å²) in [4.78, 5) is 29.9. The number of anilines is 2. The number of benzene rings is 1. The van der Waals surface area contributed by atoms with Gasteiger partial charge in [0, 0.05) is 17.3 Å². The van der Waals surface area contributed by atoms with E-state index < -0.39 is 0 Å². The van der Waals surface area contributed by atoms with Crippen LogP contribution in [0, 0.1) is 0 Å². The minimum atomic E-state index is 0.0228. The normalized spacial score (nSPS) is 17.3. The fourth-order valence-corrected chi connectivity index (χ4v) is 3.81. The molecule has 118 valence electrons. The Morgan fingerprint density at radius 1 is 1.13 bits per heavy atom. The molecule has 2 heterocycles. The standard InChI is InChI=1S/C18H18N2O2S/c21-17(10-9-14-4-3-11-23-14)19-12-18(22)20(13-7-8-13)16-6-2-1-5-15(16)19/h1-6,11,13H,7-10,12H2. The van der Waals surface area contributed by atoms with Crippen LogP contribution in [0.25, 0.3) is 0 Å². The highest BCUT2D eigenvalue weighted by Gasteiger charge is 2.40. The average Bonchev–Trinajstić information content (AvgIpc) is 3.26. The Kier molecular flexibility index (Phi) is 3.65. The van der Waals surface area contributed by atoms with Crippen LogP contribution >= 0.6 is 11.3 Å². The molecule has 1 saturated carbocycles. The number of thiophene rings is 1. The molecule has 23 heavy (non-hydrogen) atoms. The molecular formula is C18H18N2O2S. The Labute approximate surface area is 139 Å². The molecule has 1 aliphatic heterocycles. The lowest BCUT2D eigenvalue weighted by Gasteiger charge is -2.36. The second kappa shape index (κ2) is 5.81. The van der Waals surface area contributed by atoms with Crippen molar-refractivity contribution >= 4 is 34.5 Å². The van der Waals surface area contributed by atoms with Gasteiger partial charge in [-0.25, -0.2) is 0 Å². The van der Waals surface area contributed by atoms with Crippen molar-refractivity contribution < 1.29 is 9.59 Å². The van der Waals surface area contributed by atoms with Crippen molar-refractivity contribution in [1.29, 1.82) is 0 Å². The van der Waals surface area contributed by atoms with Crippen LogP contribution < -0.4 is 9.80 Å². The summed E-state index contributed by atoms with van der Waals surface area (Å²) in [5.74, 6) is 0.0605. The first-order chi connectivity index (χ1) is 11.2. The highest BCUT2D eigenvalue weighted by Crippen LogP contribution is 2.40. The van der Waals surface area contributed by atoms with E-state index in [1.54, 1.807) is 16.2 Å². The average molecular weight is 326 g/mol. The van der Waals surface area contributed by atoms with E-state index in [2.05, 4.69) is 0 Å². The lowest BCUT2D eigenvalue weighted by molar-refractivity contribution is -0.123. The van der Waals surface area contributed by atoms with Crippen LogP contribution in [0.3, 0.4) is 0 Å². The Bertz CT molecular complexity index is 737. The molecule has 1 fully saturated rings. The summed E-state index contributed by atoms with van der Waals surface area (Å²) in [6.07, 6.45) is 3.29. The van der Waals surface area contributed by atoms with Gasteiger partial charge in [0.1, 0.15) is 6.54 Å². The summed E-state index contributed by atoms with van der Waals surface area (Å²) in [5, 5.41) is 2.02. The molecule has 1 aliphatic carbocycles. The summed E-state index contributed by atoms with van der Waals surface area (Å²) in [7, 11) is 0. The molecule has 4 nitrogen and oxygen atoms in total. The number of aryl methyl sites for hydroxylation is 1. The van der Waals surface area contributed by atoms with Crippen molar-refractivity contribution in [3.63, 3.8) is 0 Å². The maximum absolute atomic E-state index is 12.7. The molecule has 2 amide bonds. The maximum atomic E-state index is 12.7. The molecule has 4 rings (SSSR count). The first-order valence-electron chi connectivity index (χ1n) is 7.98. The molecule has 0 bridgehead atoms. The van der Waals surface area contributed by atoms with Crippen molar-refractivity contribution in [1.82, 2.24) is 0 Å². The molecule has 5 heteroatoms. The van der Waals surface area contributed by atoms with Crippen LogP contribution in [0.2, 0.25) is 0 Å². The minimum Gasteiger partial charge on any atom is -0.306 e. The minimum absolute atomic E-state index is 0.0228. The van der Waals surface area contributed by atoms with Gasteiger partial charge in [0.15, 0.2) is 0 Å². The highest BCUT2D eigenvalue weighted by molar-refractivity contribution is 7.09. The Balaban J connectivity index is 1.57. The Hall–Kier alpha value is -2.14. The lowest BCUT2D eigenvalue weighted by Crippen LogP contribution is -2.49. The Morgan fingerprint density at radius 3 is 2.61 bits per heavy atom. The fourth-order valence-electron chi connectivity index (χ4n) is 3.10. The molecule has 0 spiro atoms. The van der Waals surface area contributed by atoms with Crippen LogP contribution in [0.15, 0.2) is 41.8 Å². The topological polar surface area (TPSA) is 40.6 Å². The molecule has 0 atom stereocenters. The van der Waals surface area contributed by atoms with Gasteiger partial charge < -0.3 is 9.80 Å². The first kappa shape index (κ1) is 14.5. The summed E-state index contributed by atoms with van der Waals surface area (Å²) in [6.45, 7) is 0.163. The van der Waals surface area contributed by atoms with E-state index >= 15 is 0 Å². The first-order valence-corrected chi connectivity index (χ1v) is 8.86. The van der Waals surface area contributed by atoms with Gasteiger partial charge in [-0.1, -0.05) is 18.2 Å². The van der Waals surface area contributed by atoms with Crippen molar-refractivity contribution in [2.75, 3.05) is 16.3 Å². The quantitative estimate of drug-likeness (QED) is 0.865. The second-order valence-electron chi connectivity index (χ2n) is 6.04. The molecule has 0 N–H and O–H groups in total. The molecule has 1 aromatic carbocycles. The molecule has 0 unspecified atom stereocenters. The van der Waals surface area contributed by atoms with E-state index in [4.69, 9.17) is 0 Å². The van der Waals surface area contributed by atoms with E-state index in [1.165, 1.54) is 4.88 Å². The van der Waals surface area contributed by atoms with Gasteiger partial charge in [0.25, 0.3) is 0 Å². The van der Waals surface area contributed by atoms with Gasteiger partial charge in [0.05, 0.1) is 11.4 Å². The van der Waals surface area contributed by atoms with Crippen LogP contribution in [-0.4, -0.2) is 24.4 Å². The lowest BCUT2D eigenvalue weighted by atomic mass is 10.1. The number of rotatable bonds is 4. The van der Waals surface area contributed by atoms with Crippen molar-refractivity contribution in [3.8, 4) is 0 Å². The van der Waals surface area contributed by atoms with Gasteiger partial charge in [-0.05, 0) is 42.8 Å². The summed E-state index contributed by atoms with van der Waals surface area (Å²) in [6, 6.07) is 12.1. The second-order valence-corrected chi connectivity index (χ2v) is 7.08. The smallest absolute Gasteiger partial charge is 0.247 e. The third-order valence-corrected chi connectivity index (χ3v) is 5.31. The molecule has 1 aromatic heterocycles. The molecule has 2 aromatic rings. The van der Waals surface area contributed by atoms with E-state index in [0.29, 0.717) is 12.5 Å². The number of fused-ring (bicyclic) bond motifs is 1. The number of para-hydroxylation sites is 2. The van der Waals surface area contributed by atoms with Crippen molar-refractivity contribution in [3.05, 3.63) is 46.7 Å². The monoisotopic (exact) mass is 326 g/mol. The van der Waals surface area contributed by atoms with E-state index in [9.17, 15) is 9.59 Å². The number of nitrogens with zero attached hydrogens (tertiary/aromatic N) is 2. The van der Waals surface area contributed by atoms with E-state index in [-0.39, 0.29) is 18.4 Å². The molecule has 0 saturated heterocycles. The predicted molar refractivity (Wildman–Crippen MR) is 91.9 cm³/mol. The number of amides is 2. The van der Waals surface area contributed by atoms with Gasteiger partial charge in [-0.3, -0.25) is 9.59 Å². The Morgan fingerprint density at radius 2 is 1.91 bits per heavy atom. The number of hydrogen-bond acceptors (Lipinski definition) is 3. The zero-order valence-electron chi connectivity index (χ0n) is 12.8. The largest absolute Gasteiger partial charge is 0.306 e. The number of carbonyl (C=O) groups is 2. The number of carbonyl (C=O) groups excluding carboxylic acids is 2. The third-order valence-electron chi connectivity index (χ3n) is 4.37. The van der Waals surface area contributed by atoms with Gasteiger partial charge in [-0.15, -0.1) is 11.3 Å². The highest BCUT2D eigenvalue weighted by atomic mass is 32.1. The van der Waals surface area contributed by atoms with Crippen molar-refractivity contribution in [2.45, 2.75) is 31.7 Å². The van der Waals surface area contributed by atoms with Crippen LogP contribution in [-0.2, 0) is 16.0 Å². The van der Waals surface area contributed by atoms with Gasteiger partial charge >= 0.3 is 0 Å². The molecular weight excluding hydrogens is 308 g/mol. The fraction of sp³-hybridized carbons (Fsp3) is 0.333. The van der Waals surface area contributed by atoms with Crippen LogP contribution in [0.4, 0.5) is 11.4 Å². The summed E-state index contributed by atoms with van der Waals surface area (Å²) in [5.41, 5.74) is 1.76. The van der Waals surface area contributed by atoms with Crippen LogP contribution in [0.5, 0.6) is 0 Å².